The number of ether oxygens (including phenoxy) is 1. The smallest absolute Gasteiger partial charge is 0.339 e. The number of rotatable bonds is 5. The zero-order valence-electron chi connectivity index (χ0n) is 14.1. The van der Waals surface area contributed by atoms with Gasteiger partial charge in [-0.05, 0) is 34.9 Å². The summed E-state index contributed by atoms with van der Waals surface area (Å²) in [4.78, 5) is 16.5. The van der Waals surface area contributed by atoms with Gasteiger partial charge < -0.3 is 16.2 Å². The Balaban J connectivity index is 1.81. The lowest BCUT2D eigenvalue weighted by atomic mass is 9.99. The summed E-state index contributed by atoms with van der Waals surface area (Å²) in [5.74, 6) is -0.361. The molecule has 3 aromatic carbocycles. The van der Waals surface area contributed by atoms with Crippen LogP contribution in [0.4, 0.5) is 5.69 Å². The Bertz CT molecular complexity index is 916. The molecule has 0 aromatic heterocycles. The van der Waals surface area contributed by atoms with E-state index in [1.54, 1.807) is 18.2 Å². The molecule has 0 aliphatic carbocycles. The monoisotopic (exact) mass is 345 g/mol. The highest BCUT2D eigenvalue weighted by Gasteiger charge is 2.14. The molecule has 4 N–H and O–H groups in total. The van der Waals surface area contributed by atoms with E-state index >= 15 is 0 Å². The van der Waals surface area contributed by atoms with Crippen molar-refractivity contribution in [2.45, 2.75) is 6.61 Å². The van der Waals surface area contributed by atoms with Crippen molar-refractivity contribution in [1.82, 2.24) is 0 Å². The molecular formula is C21H19N3O2. The quantitative estimate of drug-likeness (QED) is 0.420. The fourth-order valence-corrected chi connectivity index (χ4v) is 2.58. The third kappa shape index (κ3) is 4.27. The van der Waals surface area contributed by atoms with Gasteiger partial charge in [0.15, 0.2) is 5.96 Å². The van der Waals surface area contributed by atoms with Crippen LogP contribution in [0.3, 0.4) is 0 Å². The van der Waals surface area contributed by atoms with Crippen LogP contribution in [0.1, 0.15) is 15.9 Å². The largest absolute Gasteiger partial charge is 0.457 e. The maximum Gasteiger partial charge on any atom is 0.339 e. The van der Waals surface area contributed by atoms with Gasteiger partial charge in [-0.3, -0.25) is 0 Å². The predicted molar refractivity (Wildman–Crippen MR) is 103 cm³/mol. The Hall–Kier alpha value is -3.60. The molecule has 0 aliphatic rings. The molecule has 0 amide bonds. The number of hydrogen-bond donors (Lipinski definition) is 2. The minimum atomic E-state index is -0.363. The van der Waals surface area contributed by atoms with Crippen molar-refractivity contribution in [3.05, 3.63) is 90.0 Å². The molecule has 0 atom stereocenters. The zero-order valence-corrected chi connectivity index (χ0v) is 14.1. The minimum absolute atomic E-state index is 0.00244. The number of carbonyl (C=O) groups excluding carboxylic acids is 1. The summed E-state index contributed by atoms with van der Waals surface area (Å²) in [5, 5.41) is 0. The van der Waals surface area contributed by atoms with Gasteiger partial charge in [-0.2, -0.15) is 0 Å². The summed E-state index contributed by atoms with van der Waals surface area (Å²) in [6, 6.07) is 24.2. The van der Waals surface area contributed by atoms with Crippen LogP contribution in [-0.2, 0) is 11.3 Å². The molecule has 3 aromatic rings. The molecule has 0 fully saturated rings. The molecule has 5 heteroatoms. The Morgan fingerprint density at radius 2 is 1.50 bits per heavy atom. The molecule has 0 aliphatic heterocycles. The maximum absolute atomic E-state index is 12.5. The molecule has 0 saturated heterocycles. The number of guanidine groups is 1. The molecule has 0 heterocycles. The highest BCUT2D eigenvalue weighted by Crippen LogP contribution is 2.26. The maximum atomic E-state index is 12.5. The van der Waals surface area contributed by atoms with E-state index in [-0.39, 0.29) is 18.5 Å². The van der Waals surface area contributed by atoms with Crippen LogP contribution in [-0.4, -0.2) is 11.9 Å². The first kappa shape index (κ1) is 17.2. The van der Waals surface area contributed by atoms with Gasteiger partial charge in [-0.1, -0.05) is 60.7 Å². The number of hydrogen-bond acceptors (Lipinski definition) is 3. The number of carbonyl (C=O) groups is 1. The van der Waals surface area contributed by atoms with Crippen molar-refractivity contribution in [2.75, 3.05) is 0 Å². The fourth-order valence-electron chi connectivity index (χ4n) is 2.58. The normalized spacial score (nSPS) is 10.2. The van der Waals surface area contributed by atoms with Crippen molar-refractivity contribution in [3.8, 4) is 11.1 Å². The lowest BCUT2D eigenvalue weighted by Crippen LogP contribution is -2.21. The summed E-state index contributed by atoms with van der Waals surface area (Å²) in [5.41, 5.74) is 14.6. The van der Waals surface area contributed by atoms with E-state index in [2.05, 4.69) is 4.99 Å². The second-order valence-electron chi connectivity index (χ2n) is 5.69. The van der Waals surface area contributed by atoms with Crippen LogP contribution in [0.2, 0.25) is 0 Å². The van der Waals surface area contributed by atoms with E-state index in [0.29, 0.717) is 11.3 Å². The third-order valence-corrected chi connectivity index (χ3v) is 3.80. The average molecular weight is 345 g/mol. The van der Waals surface area contributed by atoms with Gasteiger partial charge in [0.25, 0.3) is 0 Å². The van der Waals surface area contributed by atoms with Crippen LogP contribution in [0, 0.1) is 0 Å². The standard InChI is InChI=1S/C21H19N3O2/c22-21(23)24-17-12-10-16(11-13-17)18-8-4-5-9-19(18)20(25)26-14-15-6-2-1-3-7-15/h1-13H,14H2,(H4,22,23,24). The highest BCUT2D eigenvalue weighted by molar-refractivity contribution is 5.97. The topological polar surface area (TPSA) is 90.7 Å². The van der Waals surface area contributed by atoms with Crippen molar-refractivity contribution in [1.29, 1.82) is 0 Å². The molecular weight excluding hydrogens is 326 g/mol. The highest BCUT2D eigenvalue weighted by atomic mass is 16.5. The van der Waals surface area contributed by atoms with Gasteiger partial charge in [-0.15, -0.1) is 0 Å². The first-order chi connectivity index (χ1) is 12.6. The first-order valence-electron chi connectivity index (χ1n) is 8.13. The van der Waals surface area contributed by atoms with Crippen LogP contribution >= 0.6 is 0 Å². The van der Waals surface area contributed by atoms with Crippen LogP contribution in [0.15, 0.2) is 83.9 Å². The van der Waals surface area contributed by atoms with Crippen molar-refractivity contribution >= 4 is 17.6 Å². The first-order valence-corrected chi connectivity index (χ1v) is 8.13. The molecule has 0 radical (unpaired) electrons. The molecule has 3 rings (SSSR count). The zero-order chi connectivity index (χ0) is 18.4. The summed E-state index contributed by atoms with van der Waals surface area (Å²) in [6.07, 6.45) is 0. The Morgan fingerprint density at radius 1 is 0.846 bits per heavy atom. The molecule has 130 valence electrons. The van der Waals surface area contributed by atoms with Gasteiger partial charge in [0, 0.05) is 0 Å². The molecule has 0 unspecified atom stereocenters. The van der Waals surface area contributed by atoms with E-state index < -0.39 is 0 Å². The Morgan fingerprint density at radius 3 is 2.19 bits per heavy atom. The van der Waals surface area contributed by atoms with E-state index in [4.69, 9.17) is 16.2 Å². The number of nitrogens with two attached hydrogens (primary N) is 2. The van der Waals surface area contributed by atoms with Gasteiger partial charge in [0.2, 0.25) is 0 Å². The molecule has 5 nitrogen and oxygen atoms in total. The van der Waals surface area contributed by atoms with Gasteiger partial charge in [0.05, 0.1) is 11.3 Å². The molecule has 26 heavy (non-hydrogen) atoms. The van der Waals surface area contributed by atoms with Crippen LogP contribution in [0.25, 0.3) is 11.1 Å². The van der Waals surface area contributed by atoms with E-state index in [1.807, 2.05) is 60.7 Å². The minimum Gasteiger partial charge on any atom is -0.457 e. The van der Waals surface area contributed by atoms with Crippen molar-refractivity contribution in [3.63, 3.8) is 0 Å². The summed E-state index contributed by atoms with van der Waals surface area (Å²) in [7, 11) is 0. The van der Waals surface area contributed by atoms with Crippen LogP contribution in [0.5, 0.6) is 0 Å². The lowest BCUT2D eigenvalue weighted by Gasteiger charge is -2.10. The molecule has 0 saturated carbocycles. The van der Waals surface area contributed by atoms with E-state index in [0.717, 1.165) is 16.7 Å². The Labute approximate surface area is 151 Å². The van der Waals surface area contributed by atoms with Crippen LogP contribution < -0.4 is 11.5 Å². The van der Waals surface area contributed by atoms with Gasteiger partial charge in [0.1, 0.15) is 6.61 Å². The lowest BCUT2D eigenvalue weighted by molar-refractivity contribution is 0.0473. The second-order valence-corrected chi connectivity index (χ2v) is 5.69. The van der Waals surface area contributed by atoms with Gasteiger partial charge in [-0.25, -0.2) is 9.79 Å². The summed E-state index contributed by atoms with van der Waals surface area (Å²) >= 11 is 0. The molecule has 0 bridgehead atoms. The molecule has 0 spiro atoms. The summed E-state index contributed by atoms with van der Waals surface area (Å²) < 4.78 is 5.46. The van der Waals surface area contributed by atoms with E-state index in [1.165, 1.54) is 0 Å². The number of aliphatic imine (C=N–C) groups is 1. The third-order valence-electron chi connectivity index (χ3n) is 3.80. The predicted octanol–water partition coefficient (Wildman–Crippen LogP) is 3.62. The number of nitrogens with zero attached hydrogens (tertiary/aromatic N) is 1. The number of benzene rings is 3. The average Bonchev–Trinajstić information content (AvgIpc) is 2.67. The SMILES string of the molecule is NC(N)=Nc1ccc(-c2ccccc2C(=O)OCc2ccccc2)cc1. The number of esters is 1. The van der Waals surface area contributed by atoms with Crippen molar-refractivity contribution < 1.29 is 9.53 Å². The second kappa shape index (κ2) is 7.98. The van der Waals surface area contributed by atoms with Crippen molar-refractivity contribution in [2.24, 2.45) is 16.5 Å². The Kier molecular flexibility index (Phi) is 5.29. The van der Waals surface area contributed by atoms with E-state index in [9.17, 15) is 4.79 Å². The fraction of sp³-hybridized carbons (Fsp3) is 0.0476. The van der Waals surface area contributed by atoms with Gasteiger partial charge >= 0.3 is 5.97 Å². The summed E-state index contributed by atoms with van der Waals surface area (Å²) in [6.45, 7) is 0.234.